The van der Waals surface area contributed by atoms with Gasteiger partial charge < -0.3 is 4.74 Å². The second-order valence-electron chi connectivity index (χ2n) is 5.94. The van der Waals surface area contributed by atoms with E-state index in [1.807, 2.05) is 11.8 Å². The quantitative estimate of drug-likeness (QED) is 0.856. The Kier molecular flexibility index (Phi) is 4.31. The lowest BCUT2D eigenvalue weighted by molar-refractivity contribution is -0.133. The normalized spacial score (nSPS) is 29.0. The molecule has 2 atom stereocenters. The first kappa shape index (κ1) is 15.0. The fraction of sp³-hybridized carbons (Fsp3) is 0.562. The molecular formula is C16H18F2O2S. The average molecular weight is 312 g/mol. The second-order valence-corrected chi connectivity index (χ2v) is 7.05. The zero-order valence-electron chi connectivity index (χ0n) is 11.7. The Bertz CT molecular complexity index is 521. The fourth-order valence-corrected chi connectivity index (χ4v) is 4.60. The Labute approximate surface area is 127 Å². The van der Waals surface area contributed by atoms with Gasteiger partial charge in [-0.1, -0.05) is 0 Å². The van der Waals surface area contributed by atoms with Gasteiger partial charge in [0.1, 0.15) is 17.4 Å². The first-order valence-electron chi connectivity index (χ1n) is 7.26. The van der Waals surface area contributed by atoms with E-state index >= 15 is 0 Å². The average Bonchev–Trinajstić information content (AvgIpc) is 2.85. The summed E-state index contributed by atoms with van der Waals surface area (Å²) in [6.07, 6.45) is 2.55. The van der Waals surface area contributed by atoms with Gasteiger partial charge in [-0.3, -0.25) is 4.79 Å². The van der Waals surface area contributed by atoms with E-state index in [9.17, 15) is 13.6 Å². The maximum absolute atomic E-state index is 13.2. The van der Waals surface area contributed by atoms with E-state index < -0.39 is 11.6 Å². The van der Waals surface area contributed by atoms with Gasteiger partial charge in [-0.2, -0.15) is 11.8 Å². The number of ketones is 1. The Hall–Kier alpha value is -0.940. The van der Waals surface area contributed by atoms with Gasteiger partial charge in [-0.05, 0) is 42.7 Å². The Morgan fingerprint density at radius 3 is 2.76 bits per heavy atom. The van der Waals surface area contributed by atoms with Crippen molar-refractivity contribution in [2.24, 2.45) is 5.92 Å². The predicted molar refractivity (Wildman–Crippen MR) is 78.4 cm³/mol. The van der Waals surface area contributed by atoms with Crippen molar-refractivity contribution in [3.05, 3.63) is 35.4 Å². The number of halogens is 2. The van der Waals surface area contributed by atoms with Gasteiger partial charge in [-0.15, -0.1) is 0 Å². The molecule has 2 aliphatic heterocycles. The second kappa shape index (κ2) is 6.05. The number of Topliss-reactive ketones (excluding diaryl/α,β-unsaturated/α-hetero) is 1. The highest BCUT2D eigenvalue weighted by molar-refractivity contribution is 7.99. The lowest BCUT2D eigenvalue weighted by atomic mass is 9.81. The molecule has 3 rings (SSSR count). The molecule has 0 aromatic heterocycles. The standard InChI is InChI=1S/C16H18F2O2S/c17-13-5-11(6-14(18)8-13)7-15(19)12-1-3-20-16(9-12)2-4-21-10-16/h5-6,8,12H,1-4,7,9-10H2. The summed E-state index contributed by atoms with van der Waals surface area (Å²) in [5.74, 6) is 0.784. The minimum absolute atomic E-state index is 0.0521. The van der Waals surface area contributed by atoms with Crippen molar-refractivity contribution in [3.63, 3.8) is 0 Å². The Balaban J connectivity index is 1.67. The predicted octanol–water partition coefficient (Wildman–Crippen LogP) is 3.38. The molecule has 2 saturated heterocycles. The van der Waals surface area contributed by atoms with Crippen molar-refractivity contribution in [1.29, 1.82) is 0 Å². The highest BCUT2D eigenvalue weighted by Gasteiger charge is 2.42. The molecule has 1 aromatic rings. The van der Waals surface area contributed by atoms with Gasteiger partial charge in [0, 0.05) is 30.8 Å². The summed E-state index contributed by atoms with van der Waals surface area (Å²) in [5.41, 5.74) is 0.273. The van der Waals surface area contributed by atoms with Crippen LogP contribution in [0.3, 0.4) is 0 Å². The number of benzene rings is 1. The van der Waals surface area contributed by atoms with E-state index in [0.29, 0.717) is 18.6 Å². The van der Waals surface area contributed by atoms with Crippen LogP contribution in [0, 0.1) is 17.6 Å². The smallest absolute Gasteiger partial charge is 0.140 e. The molecule has 21 heavy (non-hydrogen) atoms. The van der Waals surface area contributed by atoms with Gasteiger partial charge in [0.15, 0.2) is 0 Å². The third-order valence-corrected chi connectivity index (χ3v) is 5.54. The van der Waals surface area contributed by atoms with Gasteiger partial charge >= 0.3 is 0 Å². The van der Waals surface area contributed by atoms with E-state index in [1.54, 1.807) is 0 Å². The van der Waals surface area contributed by atoms with E-state index in [4.69, 9.17) is 4.74 Å². The van der Waals surface area contributed by atoms with Crippen LogP contribution in [0.4, 0.5) is 8.78 Å². The third-order valence-electron chi connectivity index (χ3n) is 4.32. The molecule has 1 spiro atoms. The summed E-state index contributed by atoms with van der Waals surface area (Å²) < 4.78 is 32.3. The van der Waals surface area contributed by atoms with Crippen molar-refractivity contribution < 1.29 is 18.3 Å². The van der Waals surface area contributed by atoms with Crippen LogP contribution in [0.1, 0.15) is 24.8 Å². The van der Waals surface area contributed by atoms with Crippen LogP contribution in [-0.2, 0) is 16.0 Å². The number of hydrogen-bond donors (Lipinski definition) is 0. The molecule has 0 amide bonds. The summed E-state index contributed by atoms with van der Waals surface area (Å²) >= 11 is 1.87. The summed E-state index contributed by atoms with van der Waals surface area (Å²) in [7, 11) is 0. The first-order chi connectivity index (χ1) is 10.1. The van der Waals surface area contributed by atoms with Crippen LogP contribution < -0.4 is 0 Å². The minimum Gasteiger partial charge on any atom is -0.374 e. The molecule has 2 aliphatic rings. The van der Waals surface area contributed by atoms with Crippen LogP contribution in [0.5, 0.6) is 0 Å². The first-order valence-corrected chi connectivity index (χ1v) is 8.41. The van der Waals surface area contributed by atoms with Crippen molar-refractivity contribution >= 4 is 17.5 Å². The summed E-state index contributed by atoms with van der Waals surface area (Å²) in [4.78, 5) is 12.4. The molecule has 0 radical (unpaired) electrons. The maximum atomic E-state index is 13.2. The molecule has 0 bridgehead atoms. The topological polar surface area (TPSA) is 26.3 Å². The largest absolute Gasteiger partial charge is 0.374 e. The Morgan fingerprint density at radius 1 is 1.33 bits per heavy atom. The molecule has 0 saturated carbocycles. The summed E-state index contributed by atoms with van der Waals surface area (Å²) in [6.45, 7) is 0.606. The molecule has 2 fully saturated rings. The molecule has 1 aromatic carbocycles. The molecule has 114 valence electrons. The molecule has 0 N–H and O–H groups in total. The van der Waals surface area contributed by atoms with Crippen molar-refractivity contribution in [2.45, 2.75) is 31.3 Å². The van der Waals surface area contributed by atoms with Crippen LogP contribution in [0.15, 0.2) is 18.2 Å². The number of hydrogen-bond acceptors (Lipinski definition) is 3. The van der Waals surface area contributed by atoms with Crippen molar-refractivity contribution in [3.8, 4) is 0 Å². The zero-order valence-corrected chi connectivity index (χ0v) is 12.6. The SMILES string of the molecule is O=C(Cc1cc(F)cc(F)c1)C1CCOC2(CCSC2)C1. The lowest BCUT2D eigenvalue weighted by Crippen LogP contribution is -2.42. The zero-order chi connectivity index (χ0) is 14.9. The number of carbonyl (C=O) groups is 1. The van der Waals surface area contributed by atoms with Gasteiger partial charge in [-0.25, -0.2) is 8.78 Å². The van der Waals surface area contributed by atoms with E-state index in [0.717, 1.165) is 30.4 Å². The molecular weight excluding hydrogens is 294 g/mol. The molecule has 0 aliphatic carbocycles. The van der Waals surface area contributed by atoms with Crippen molar-refractivity contribution in [2.75, 3.05) is 18.1 Å². The number of carbonyl (C=O) groups excluding carboxylic acids is 1. The van der Waals surface area contributed by atoms with Crippen LogP contribution in [-0.4, -0.2) is 29.5 Å². The van der Waals surface area contributed by atoms with Gasteiger partial charge in [0.2, 0.25) is 0 Å². The number of thioether (sulfide) groups is 1. The van der Waals surface area contributed by atoms with Crippen LogP contribution in [0.2, 0.25) is 0 Å². The third kappa shape index (κ3) is 3.46. The molecule has 2 heterocycles. The van der Waals surface area contributed by atoms with Crippen LogP contribution >= 0.6 is 11.8 Å². The minimum atomic E-state index is -0.631. The van der Waals surface area contributed by atoms with E-state index in [1.165, 1.54) is 12.1 Å². The number of ether oxygens (including phenoxy) is 1. The van der Waals surface area contributed by atoms with E-state index in [2.05, 4.69) is 0 Å². The summed E-state index contributed by atoms with van der Waals surface area (Å²) in [5, 5.41) is 0. The highest BCUT2D eigenvalue weighted by atomic mass is 32.2. The summed E-state index contributed by atoms with van der Waals surface area (Å²) in [6, 6.07) is 3.30. The Morgan fingerprint density at radius 2 is 2.10 bits per heavy atom. The van der Waals surface area contributed by atoms with Crippen LogP contribution in [0.25, 0.3) is 0 Å². The van der Waals surface area contributed by atoms with E-state index in [-0.39, 0.29) is 23.7 Å². The van der Waals surface area contributed by atoms with Gasteiger partial charge in [0.25, 0.3) is 0 Å². The van der Waals surface area contributed by atoms with Crippen molar-refractivity contribution in [1.82, 2.24) is 0 Å². The lowest BCUT2D eigenvalue weighted by Gasteiger charge is -2.37. The molecule has 5 heteroatoms. The van der Waals surface area contributed by atoms with Gasteiger partial charge in [0.05, 0.1) is 5.60 Å². The highest BCUT2D eigenvalue weighted by Crippen LogP contribution is 2.40. The monoisotopic (exact) mass is 312 g/mol. The number of rotatable bonds is 3. The fourth-order valence-electron chi connectivity index (χ4n) is 3.22. The maximum Gasteiger partial charge on any atom is 0.140 e. The molecule has 2 nitrogen and oxygen atoms in total. The molecule has 2 unspecified atom stereocenters.